The summed E-state index contributed by atoms with van der Waals surface area (Å²) in [5, 5.41) is 20.5. The first-order chi connectivity index (χ1) is 12.0. The fourth-order valence-corrected chi connectivity index (χ4v) is 3.25. The number of aliphatic imine (C=N–C) groups is 1. The summed E-state index contributed by atoms with van der Waals surface area (Å²) in [5.41, 5.74) is 0.974. The van der Waals surface area contributed by atoms with Crippen molar-refractivity contribution in [3.63, 3.8) is 0 Å². The Bertz CT molecular complexity index is 673. The van der Waals surface area contributed by atoms with Gasteiger partial charge < -0.3 is 15.7 Å². The first kappa shape index (κ1) is 22.9. The number of halogens is 1. The number of aryl methyl sites for hydroxylation is 2. The number of benzene rings is 1. The van der Waals surface area contributed by atoms with Crippen LogP contribution in [-0.4, -0.2) is 35.7 Å². The molecule has 3 N–H and O–H groups in total. The first-order valence-corrected chi connectivity index (χ1v) is 9.60. The second-order valence-electron chi connectivity index (χ2n) is 6.25. The van der Waals surface area contributed by atoms with Crippen LogP contribution in [0, 0.1) is 6.92 Å². The van der Waals surface area contributed by atoms with Gasteiger partial charge in [0.2, 0.25) is 0 Å². The van der Waals surface area contributed by atoms with Crippen molar-refractivity contribution in [3.05, 3.63) is 52.0 Å². The second-order valence-corrected chi connectivity index (χ2v) is 7.19. The van der Waals surface area contributed by atoms with Gasteiger partial charge in [0.05, 0.1) is 11.6 Å². The molecule has 0 bridgehead atoms. The summed E-state index contributed by atoms with van der Waals surface area (Å²) >= 11 is 1.71. The highest BCUT2D eigenvalue weighted by molar-refractivity contribution is 14.0. The molecule has 0 aliphatic heterocycles. The van der Waals surface area contributed by atoms with Gasteiger partial charge in [0.1, 0.15) is 5.60 Å². The number of guanidine groups is 1. The molecule has 1 aromatic carbocycles. The number of hydrogen-bond acceptors (Lipinski definition) is 4. The van der Waals surface area contributed by atoms with E-state index in [-0.39, 0.29) is 24.0 Å². The number of nitrogens with one attached hydrogen (secondary N) is 2. The number of aromatic nitrogens is 1. The van der Waals surface area contributed by atoms with Crippen molar-refractivity contribution in [2.45, 2.75) is 39.2 Å². The second kappa shape index (κ2) is 11.5. The van der Waals surface area contributed by atoms with E-state index < -0.39 is 5.60 Å². The summed E-state index contributed by atoms with van der Waals surface area (Å²) in [4.78, 5) is 9.02. The molecule has 1 aromatic heterocycles. The van der Waals surface area contributed by atoms with Crippen molar-refractivity contribution in [1.82, 2.24) is 15.6 Å². The van der Waals surface area contributed by atoms with Crippen molar-refractivity contribution in [2.24, 2.45) is 4.99 Å². The maximum Gasteiger partial charge on any atom is 0.191 e. The van der Waals surface area contributed by atoms with Gasteiger partial charge in [-0.2, -0.15) is 0 Å². The van der Waals surface area contributed by atoms with Gasteiger partial charge in [0.25, 0.3) is 0 Å². The average Bonchev–Trinajstić information content (AvgIpc) is 3.02. The smallest absolute Gasteiger partial charge is 0.191 e. The molecule has 0 aliphatic rings. The number of thiazole rings is 1. The lowest BCUT2D eigenvalue weighted by Crippen LogP contribution is -2.39. The molecule has 0 aliphatic carbocycles. The predicted octanol–water partition coefficient (Wildman–Crippen LogP) is 3.46. The van der Waals surface area contributed by atoms with E-state index >= 15 is 0 Å². The van der Waals surface area contributed by atoms with E-state index in [2.05, 4.69) is 26.0 Å². The van der Waals surface area contributed by atoms with E-state index in [9.17, 15) is 5.11 Å². The van der Waals surface area contributed by atoms with Crippen molar-refractivity contribution in [1.29, 1.82) is 0 Å². The van der Waals surface area contributed by atoms with Gasteiger partial charge in [0, 0.05) is 30.6 Å². The van der Waals surface area contributed by atoms with Crippen LogP contribution in [0.3, 0.4) is 0 Å². The molecule has 1 heterocycles. The highest BCUT2D eigenvalue weighted by Crippen LogP contribution is 2.20. The lowest BCUT2D eigenvalue weighted by atomic mass is 9.96. The number of nitrogens with zero attached hydrogens (tertiary/aromatic N) is 2. The minimum Gasteiger partial charge on any atom is -0.384 e. The Morgan fingerprint density at radius 2 is 2.00 bits per heavy atom. The maximum absolute atomic E-state index is 10.7. The lowest BCUT2D eigenvalue weighted by Gasteiger charge is -2.22. The number of aliphatic hydroxyl groups is 1. The summed E-state index contributed by atoms with van der Waals surface area (Å²) in [5.74, 6) is 0.731. The summed E-state index contributed by atoms with van der Waals surface area (Å²) in [7, 11) is 0. The zero-order chi connectivity index (χ0) is 18.1. The molecule has 2 aromatic rings. The molecule has 0 fully saturated rings. The largest absolute Gasteiger partial charge is 0.384 e. The van der Waals surface area contributed by atoms with Crippen LogP contribution in [-0.2, 0) is 12.0 Å². The Balaban J connectivity index is 0.00000338. The van der Waals surface area contributed by atoms with Crippen LogP contribution in [0.25, 0.3) is 0 Å². The van der Waals surface area contributed by atoms with Gasteiger partial charge >= 0.3 is 0 Å². The Kier molecular flexibility index (Phi) is 10.1. The third kappa shape index (κ3) is 7.59. The molecular formula is C19H29IN4OS. The van der Waals surface area contributed by atoms with E-state index in [1.807, 2.05) is 44.2 Å². The molecular weight excluding hydrogens is 459 g/mol. The van der Waals surface area contributed by atoms with Crippen molar-refractivity contribution in [2.75, 3.05) is 19.6 Å². The normalized spacial score (nSPS) is 13.6. The van der Waals surface area contributed by atoms with Gasteiger partial charge in [-0.1, -0.05) is 30.3 Å². The SMILES string of the molecule is CCNC(=NCC(C)(O)c1ccccc1)NCCCc1nc(C)cs1.I. The number of hydrogen-bond donors (Lipinski definition) is 3. The third-order valence-corrected chi connectivity index (χ3v) is 4.84. The molecule has 0 spiro atoms. The van der Waals surface area contributed by atoms with Crippen LogP contribution >= 0.6 is 35.3 Å². The average molecular weight is 488 g/mol. The molecule has 0 saturated heterocycles. The van der Waals surface area contributed by atoms with Gasteiger partial charge in [-0.15, -0.1) is 35.3 Å². The molecule has 0 radical (unpaired) electrons. The van der Waals surface area contributed by atoms with Crippen LogP contribution in [0.2, 0.25) is 0 Å². The van der Waals surface area contributed by atoms with Crippen molar-refractivity contribution >= 4 is 41.3 Å². The molecule has 0 amide bonds. The van der Waals surface area contributed by atoms with E-state index in [1.165, 1.54) is 5.01 Å². The Morgan fingerprint density at radius 3 is 2.62 bits per heavy atom. The molecule has 144 valence electrons. The lowest BCUT2D eigenvalue weighted by molar-refractivity contribution is 0.0672. The van der Waals surface area contributed by atoms with Gasteiger partial charge in [0.15, 0.2) is 5.96 Å². The van der Waals surface area contributed by atoms with E-state index in [0.717, 1.165) is 43.1 Å². The quantitative estimate of drug-likeness (QED) is 0.231. The zero-order valence-electron chi connectivity index (χ0n) is 15.7. The fourth-order valence-electron chi connectivity index (χ4n) is 2.43. The van der Waals surface area contributed by atoms with Crippen LogP contribution in [0.1, 0.15) is 36.5 Å². The van der Waals surface area contributed by atoms with Crippen LogP contribution in [0.15, 0.2) is 40.7 Å². The Morgan fingerprint density at radius 1 is 1.27 bits per heavy atom. The molecule has 0 saturated carbocycles. The number of rotatable bonds is 8. The summed E-state index contributed by atoms with van der Waals surface area (Å²) < 4.78 is 0. The first-order valence-electron chi connectivity index (χ1n) is 8.72. The van der Waals surface area contributed by atoms with Crippen molar-refractivity contribution < 1.29 is 5.11 Å². The van der Waals surface area contributed by atoms with Crippen LogP contribution in [0.5, 0.6) is 0 Å². The predicted molar refractivity (Wildman–Crippen MR) is 121 cm³/mol. The zero-order valence-corrected chi connectivity index (χ0v) is 18.8. The highest BCUT2D eigenvalue weighted by Gasteiger charge is 2.22. The highest BCUT2D eigenvalue weighted by atomic mass is 127. The third-order valence-electron chi connectivity index (χ3n) is 3.81. The summed E-state index contributed by atoms with van der Waals surface area (Å²) in [6.07, 6.45) is 1.96. The van der Waals surface area contributed by atoms with Crippen molar-refractivity contribution in [3.8, 4) is 0 Å². The maximum atomic E-state index is 10.7. The Hall–Kier alpha value is -1.19. The van der Waals surface area contributed by atoms with Gasteiger partial charge in [-0.25, -0.2) is 9.98 Å². The molecule has 7 heteroatoms. The van der Waals surface area contributed by atoms with Gasteiger partial charge in [-0.3, -0.25) is 0 Å². The molecule has 1 atom stereocenters. The molecule has 2 rings (SSSR count). The van der Waals surface area contributed by atoms with E-state index in [1.54, 1.807) is 18.3 Å². The van der Waals surface area contributed by atoms with E-state index in [0.29, 0.717) is 6.54 Å². The minimum atomic E-state index is -0.984. The van der Waals surface area contributed by atoms with Crippen LogP contribution in [0.4, 0.5) is 0 Å². The Labute approximate surface area is 177 Å². The molecule has 26 heavy (non-hydrogen) atoms. The molecule has 5 nitrogen and oxygen atoms in total. The summed E-state index contributed by atoms with van der Waals surface area (Å²) in [6, 6.07) is 9.64. The topological polar surface area (TPSA) is 69.5 Å². The fraction of sp³-hybridized carbons (Fsp3) is 0.474. The summed E-state index contributed by atoms with van der Waals surface area (Å²) in [6.45, 7) is 7.75. The molecule has 1 unspecified atom stereocenters. The minimum absolute atomic E-state index is 0. The van der Waals surface area contributed by atoms with Gasteiger partial charge in [-0.05, 0) is 32.8 Å². The standard InChI is InChI=1S/C19H28N4OS.HI/c1-4-20-18(21-12-8-11-17-23-15(2)13-25-17)22-14-19(3,24)16-9-6-5-7-10-16;/h5-7,9-10,13,24H,4,8,11-12,14H2,1-3H3,(H2,20,21,22);1H. The van der Waals surface area contributed by atoms with E-state index in [4.69, 9.17) is 0 Å². The monoisotopic (exact) mass is 488 g/mol. The van der Waals surface area contributed by atoms with Crippen LogP contribution < -0.4 is 10.6 Å².